The molecule has 0 aromatic rings. The maximum Gasteiger partial charge on any atom is 0.320 e. The minimum absolute atomic E-state index is 0.659. The van der Waals surface area contributed by atoms with E-state index in [1.54, 1.807) is 0 Å². The van der Waals surface area contributed by atoms with Crippen molar-refractivity contribution < 1.29 is 25.0 Å². The van der Waals surface area contributed by atoms with E-state index < -0.39 is 87.0 Å². The van der Waals surface area contributed by atoms with Crippen LogP contribution in [0.15, 0.2) is 0 Å². The van der Waals surface area contributed by atoms with E-state index in [4.69, 9.17) is 25.0 Å². The van der Waals surface area contributed by atoms with Gasteiger partial charge in [0.15, 0.2) is 9.04 Å². The van der Waals surface area contributed by atoms with Crippen LogP contribution in [0.4, 0.5) is 0 Å². The molecule has 1 rings (SSSR count). The fourth-order valence-corrected chi connectivity index (χ4v) is 44.9. The Labute approximate surface area is 301 Å². The average Bonchev–Trinajstić information content (AvgIpc) is 2.88. The molecule has 0 aromatic heterocycles. The van der Waals surface area contributed by atoms with Gasteiger partial charge in [0.05, 0.1) is 0 Å². The number of hydrogen-bond donors (Lipinski definition) is 0. The van der Waals surface area contributed by atoms with Crippen LogP contribution in [0.2, 0.25) is 152 Å². The molecule has 0 aliphatic carbocycles. The third-order valence-corrected chi connectivity index (χ3v) is 40.8. The third-order valence-electron chi connectivity index (χ3n) is 9.20. The summed E-state index contributed by atoms with van der Waals surface area (Å²) in [5.41, 5.74) is 0. The largest absolute Gasteiger partial charge is 0.421 e. The van der Waals surface area contributed by atoms with Crippen molar-refractivity contribution in [2.45, 2.75) is 185 Å². The van der Waals surface area contributed by atoms with Gasteiger partial charge in [0.25, 0.3) is 0 Å². The van der Waals surface area contributed by atoms with Gasteiger partial charge in [-0.15, -0.1) is 0 Å². The van der Waals surface area contributed by atoms with Crippen LogP contribution in [0, 0.1) is 0 Å². The average molecular weight is 818 g/mol. The van der Waals surface area contributed by atoms with E-state index in [0.29, 0.717) is 0 Å². The first-order chi connectivity index (χ1) is 21.2. The van der Waals surface area contributed by atoms with E-state index in [9.17, 15) is 0 Å². The van der Waals surface area contributed by atoms with Crippen molar-refractivity contribution in [2.75, 3.05) is 6.61 Å². The Kier molecular flexibility index (Phi) is 21.4. The third kappa shape index (κ3) is 19.0. The molecule has 0 amide bonds. The smallest absolute Gasteiger partial charge is 0.320 e. The number of rotatable bonds is 21. The summed E-state index contributed by atoms with van der Waals surface area (Å²) in [4.78, 5) is 0. The molecule has 5 unspecified atom stereocenters. The van der Waals surface area contributed by atoms with Gasteiger partial charge >= 0.3 is 42.8 Å². The zero-order chi connectivity index (χ0) is 35.2. The van der Waals surface area contributed by atoms with Crippen LogP contribution in [0.1, 0.15) is 32.6 Å². The second-order valence-electron chi connectivity index (χ2n) is 17.1. The number of hydrogen-bond acceptors (Lipinski definition) is 6. The zero-order valence-electron chi connectivity index (χ0n) is 33.4. The molecular formula is C30H80O6Si10. The monoisotopic (exact) mass is 816 g/mol. The molecule has 1 fully saturated rings. The van der Waals surface area contributed by atoms with Crippen molar-refractivity contribution in [3.8, 4) is 0 Å². The van der Waals surface area contributed by atoms with E-state index in [0.717, 1.165) is 49.3 Å². The molecule has 16 heteroatoms. The Balaban J connectivity index is 3.80. The summed E-state index contributed by atoms with van der Waals surface area (Å²) in [7, 11) is -17.0. The molecule has 1 aliphatic heterocycles. The van der Waals surface area contributed by atoms with Crippen LogP contribution in [-0.2, 0) is 25.0 Å². The molecule has 0 aromatic carbocycles. The first-order valence-corrected chi connectivity index (χ1v) is 46.9. The zero-order valence-corrected chi connectivity index (χ0v) is 44.2. The Hall–Kier alpha value is 1.93. The van der Waals surface area contributed by atoms with E-state index >= 15 is 0 Å². The first-order valence-electron chi connectivity index (χ1n) is 19.3. The van der Waals surface area contributed by atoms with Crippen molar-refractivity contribution in [3.05, 3.63) is 0 Å². The summed E-state index contributed by atoms with van der Waals surface area (Å²) in [6.07, 6.45) is 4.65. The lowest BCUT2D eigenvalue weighted by Gasteiger charge is -2.51. The molecule has 1 aliphatic rings. The fraction of sp³-hybridized carbons (Fsp3) is 1.00. The van der Waals surface area contributed by atoms with Gasteiger partial charge in [0.1, 0.15) is 0 Å². The van der Waals surface area contributed by atoms with Crippen molar-refractivity contribution in [3.63, 3.8) is 0 Å². The normalized spacial score (nSPS) is 31.6. The highest BCUT2D eigenvalue weighted by molar-refractivity contribution is 6.94. The highest BCUT2D eigenvalue weighted by atomic mass is 28.5. The summed E-state index contributed by atoms with van der Waals surface area (Å²) in [6.45, 7) is 37.1. The minimum Gasteiger partial charge on any atom is -0.421 e. The molecule has 0 N–H and O–H groups in total. The quantitative estimate of drug-likeness (QED) is 0.0851. The molecular weight excluding hydrogens is 737 g/mol. The highest BCUT2D eigenvalue weighted by Crippen LogP contribution is 2.41. The van der Waals surface area contributed by atoms with Crippen molar-refractivity contribution in [1.82, 2.24) is 0 Å². The summed E-state index contributed by atoms with van der Waals surface area (Å²) < 4.78 is 44.5. The van der Waals surface area contributed by atoms with E-state index in [-0.39, 0.29) is 0 Å². The van der Waals surface area contributed by atoms with Crippen LogP contribution in [0.3, 0.4) is 0 Å². The maximum absolute atomic E-state index is 7.72. The first kappa shape index (κ1) is 45.9. The fourth-order valence-electron chi connectivity index (χ4n) is 6.80. The van der Waals surface area contributed by atoms with Crippen molar-refractivity contribution in [1.29, 1.82) is 0 Å². The summed E-state index contributed by atoms with van der Waals surface area (Å²) in [5.74, 6) is 0. The lowest BCUT2D eigenvalue weighted by atomic mass is 10.5. The van der Waals surface area contributed by atoms with Crippen LogP contribution in [0.5, 0.6) is 0 Å². The maximum atomic E-state index is 7.72. The summed E-state index contributed by atoms with van der Waals surface area (Å²) >= 11 is 0. The molecule has 1 saturated heterocycles. The highest BCUT2D eigenvalue weighted by Gasteiger charge is 2.57. The summed E-state index contributed by atoms with van der Waals surface area (Å²) in [6, 6.07) is 11.6. The van der Waals surface area contributed by atoms with Gasteiger partial charge < -0.3 is 25.0 Å². The van der Waals surface area contributed by atoms with Gasteiger partial charge in [-0.1, -0.05) is 103 Å². The van der Waals surface area contributed by atoms with E-state index in [1.807, 2.05) is 0 Å². The van der Waals surface area contributed by atoms with Gasteiger partial charge in [-0.2, -0.15) is 0 Å². The molecule has 0 radical (unpaired) electrons. The molecule has 6 nitrogen and oxygen atoms in total. The minimum atomic E-state index is -2.67. The van der Waals surface area contributed by atoms with Crippen LogP contribution >= 0.6 is 0 Å². The van der Waals surface area contributed by atoms with E-state index in [2.05, 4.69) is 98.6 Å². The van der Waals surface area contributed by atoms with E-state index in [1.165, 1.54) is 43.4 Å². The molecule has 0 spiro atoms. The topological polar surface area (TPSA) is 55.4 Å². The SMILES string of the molecule is CC[Si]1(CCC[SiH](C)C)O[Si](C)(CCCO[SiH](C)C)O[Si](C)(CCC[SiH](C)C)O[Si](C)(CC[SiH](C)C)O[Si](C)(CCC[SiH](C)C)O1. The second-order valence-corrected chi connectivity index (χ2v) is 51.2. The van der Waals surface area contributed by atoms with Crippen LogP contribution < -0.4 is 0 Å². The predicted octanol–water partition coefficient (Wildman–Crippen LogP) is 9.34. The van der Waals surface area contributed by atoms with Crippen molar-refractivity contribution >= 4 is 87.0 Å². The molecule has 46 heavy (non-hydrogen) atoms. The van der Waals surface area contributed by atoms with Gasteiger partial charge in [0.2, 0.25) is 0 Å². The Morgan fingerprint density at radius 3 is 1.15 bits per heavy atom. The Morgan fingerprint density at radius 1 is 0.435 bits per heavy atom. The van der Waals surface area contributed by atoms with Gasteiger partial charge in [0, 0.05) is 41.8 Å². The lowest BCUT2D eigenvalue weighted by molar-refractivity contribution is 0.218. The summed E-state index contributed by atoms with van der Waals surface area (Å²) in [5, 5.41) is 0. The molecule has 0 bridgehead atoms. The van der Waals surface area contributed by atoms with Crippen LogP contribution in [-0.4, -0.2) is 93.6 Å². The molecule has 5 atom stereocenters. The van der Waals surface area contributed by atoms with Gasteiger partial charge in [-0.25, -0.2) is 0 Å². The molecule has 276 valence electrons. The van der Waals surface area contributed by atoms with Gasteiger partial charge in [-0.05, 0) is 82.0 Å². The standard InChI is InChI=1S/C30H80O6Si10/c1-16-46(29-20-24-39(6)7)35-43(13,26-17-21-31-41(10)11)32-42(12,27-18-22-37(2)3)33-45(15,30-25-40(8)9)34-44(14,36-46)28-19-23-38(4)5/h37-41H,16-30H2,1-15H3. The van der Waals surface area contributed by atoms with Gasteiger partial charge in [-0.3, -0.25) is 0 Å². The van der Waals surface area contributed by atoms with Crippen LogP contribution in [0.25, 0.3) is 0 Å². The molecule has 1 heterocycles. The van der Waals surface area contributed by atoms with Crippen molar-refractivity contribution in [2.24, 2.45) is 0 Å². The molecule has 0 saturated carbocycles. The lowest BCUT2D eigenvalue weighted by Crippen LogP contribution is -2.67. The Bertz CT molecular complexity index is 846. The predicted molar refractivity (Wildman–Crippen MR) is 230 cm³/mol. The second kappa shape index (κ2) is 21.5. The Morgan fingerprint density at radius 2 is 0.783 bits per heavy atom.